The van der Waals surface area contributed by atoms with Crippen LogP contribution in [-0.4, -0.2) is 36.5 Å². The van der Waals surface area contributed by atoms with Crippen LogP contribution in [0.1, 0.15) is 29.2 Å². The normalized spacial score (nSPS) is 19.6. The van der Waals surface area contributed by atoms with Gasteiger partial charge in [0.25, 0.3) is 0 Å². The van der Waals surface area contributed by atoms with E-state index in [-0.39, 0.29) is 5.91 Å². The molecule has 1 aromatic rings. The van der Waals surface area contributed by atoms with Crippen molar-refractivity contribution in [3.8, 4) is 0 Å². The fourth-order valence-electron chi connectivity index (χ4n) is 2.69. The Balaban J connectivity index is 2.12. The van der Waals surface area contributed by atoms with Gasteiger partial charge >= 0.3 is 0 Å². The summed E-state index contributed by atoms with van der Waals surface area (Å²) in [7, 11) is 0. The maximum atomic E-state index is 12.4. The zero-order valence-corrected chi connectivity index (χ0v) is 12.4. The van der Waals surface area contributed by atoms with Gasteiger partial charge in [-0.1, -0.05) is 12.1 Å². The lowest BCUT2D eigenvalue weighted by molar-refractivity contribution is -0.133. The first kappa shape index (κ1) is 14.1. The van der Waals surface area contributed by atoms with E-state index < -0.39 is 0 Å². The van der Waals surface area contributed by atoms with Crippen LogP contribution in [-0.2, 0) is 11.2 Å². The standard InChI is InChI=1S/C16H24N2O/c1-11-7-13(3)15(8-12(11)2)9-16(19)18-6-5-17-10-14(18)4/h7-8,14,17H,5-6,9-10H2,1-4H3. The highest BCUT2D eigenvalue weighted by atomic mass is 16.2. The third-order valence-corrected chi connectivity index (χ3v) is 4.12. The van der Waals surface area contributed by atoms with E-state index in [1.54, 1.807) is 0 Å². The van der Waals surface area contributed by atoms with Gasteiger partial charge < -0.3 is 10.2 Å². The van der Waals surface area contributed by atoms with Crippen molar-refractivity contribution in [1.29, 1.82) is 0 Å². The minimum absolute atomic E-state index is 0.250. The minimum Gasteiger partial charge on any atom is -0.337 e. The van der Waals surface area contributed by atoms with E-state index in [0.29, 0.717) is 12.5 Å². The lowest BCUT2D eigenvalue weighted by Crippen LogP contribution is -2.52. The predicted octanol–water partition coefficient (Wildman–Crippen LogP) is 1.97. The lowest BCUT2D eigenvalue weighted by atomic mass is 9.98. The fraction of sp³-hybridized carbons (Fsp3) is 0.562. The van der Waals surface area contributed by atoms with Crippen molar-refractivity contribution < 1.29 is 4.79 Å². The molecule has 0 spiro atoms. The van der Waals surface area contributed by atoms with Crippen molar-refractivity contribution in [1.82, 2.24) is 10.2 Å². The highest BCUT2D eigenvalue weighted by Crippen LogP contribution is 2.17. The summed E-state index contributed by atoms with van der Waals surface area (Å²) in [5.41, 5.74) is 4.95. The van der Waals surface area contributed by atoms with E-state index in [1.807, 2.05) is 4.90 Å². The van der Waals surface area contributed by atoms with Gasteiger partial charge in [-0.25, -0.2) is 0 Å². The molecule has 1 saturated heterocycles. The summed E-state index contributed by atoms with van der Waals surface area (Å²) in [6.45, 7) is 11.1. The number of nitrogens with one attached hydrogen (secondary N) is 1. The molecule has 0 bridgehead atoms. The van der Waals surface area contributed by atoms with E-state index >= 15 is 0 Å². The van der Waals surface area contributed by atoms with Crippen molar-refractivity contribution >= 4 is 5.91 Å². The summed E-state index contributed by atoms with van der Waals surface area (Å²) in [5.74, 6) is 0.250. The van der Waals surface area contributed by atoms with Gasteiger partial charge in [0.05, 0.1) is 6.42 Å². The number of hydrogen-bond donors (Lipinski definition) is 1. The van der Waals surface area contributed by atoms with Crippen LogP contribution in [0.3, 0.4) is 0 Å². The Morgan fingerprint density at radius 1 is 1.26 bits per heavy atom. The largest absolute Gasteiger partial charge is 0.337 e. The molecular weight excluding hydrogens is 236 g/mol. The highest BCUT2D eigenvalue weighted by Gasteiger charge is 2.23. The molecule has 3 nitrogen and oxygen atoms in total. The molecule has 0 aromatic heterocycles. The summed E-state index contributed by atoms with van der Waals surface area (Å²) >= 11 is 0. The number of aryl methyl sites for hydroxylation is 3. The maximum absolute atomic E-state index is 12.4. The molecule has 3 heteroatoms. The SMILES string of the molecule is Cc1cc(C)c(CC(=O)N2CCNCC2C)cc1C. The molecule has 1 aliphatic heterocycles. The smallest absolute Gasteiger partial charge is 0.227 e. The molecule has 104 valence electrons. The molecule has 1 heterocycles. The molecule has 0 radical (unpaired) electrons. The van der Waals surface area contributed by atoms with Crippen molar-refractivity contribution in [3.63, 3.8) is 0 Å². The van der Waals surface area contributed by atoms with E-state index in [0.717, 1.165) is 19.6 Å². The summed E-state index contributed by atoms with van der Waals surface area (Å²) in [6.07, 6.45) is 0.525. The van der Waals surface area contributed by atoms with Gasteiger partial charge in [-0.3, -0.25) is 4.79 Å². The Bertz CT molecular complexity index is 482. The van der Waals surface area contributed by atoms with Crippen LogP contribution in [0.25, 0.3) is 0 Å². The van der Waals surface area contributed by atoms with E-state index in [1.165, 1.54) is 22.3 Å². The monoisotopic (exact) mass is 260 g/mol. The van der Waals surface area contributed by atoms with E-state index in [9.17, 15) is 4.79 Å². The summed E-state index contributed by atoms with van der Waals surface area (Å²) < 4.78 is 0. The second-order valence-electron chi connectivity index (χ2n) is 5.68. The molecule has 1 fully saturated rings. The van der Waals surface area contributed by atoms with Crippen LogP contribution >= 0.6 is 0 Å². The molecule has 19 heavy (non-hydrogen) atoms. The van der Waals surface area contributed by atoms with Crippen LogP contribution < -0.4 is 5.32 Å². The third kappa shape index (κ3) is 3.16. The predicted molar refractivity (Wildman–Crippen MR) is 78.4 cm³/mol. The number of carbonyl (C=O) groups is 1. The molecule has 1 atom stereocenters. The Morgan fingerprint density at radius 3 is 2.63 bits per heavy atom. The number of carbonyl (C=O) groups excluding carboxylic acids is 1. The summed E-state index contributed by atoms with van der Waals surface area (Å²) in [4.78, 5) is 14.4. The third-order valence-electron chi connectivity index (χ3n) is 4.12. The fourth-order valence-corrected chi connectivity index (χ4v) is 2.69. The molecule has 0 aliphatic carbocycles. The molecule has 1 aliphatic rings. The Kier molecular flexibility index (Phi) is 4.25. The molecule has 1 N–H and O–H groups in total. The Morgan fingerprint density at radius 2 is 1.95 bits per heavy atom. The quantitative estimate of drug-likeness (QED) is 0.882. The molecule has 1 unspecified atom stereocenters. The average molecular weight is 260 g/mol. The highest BCUT2D eigenvalue weighted by molar-refractivity contribution is 5.79. The van der Waals surface area contributed by atoms with Crippen LogP contribution in [0.2, 0.25) is 0 Å². The number of nitrogens with zero attached hydrogens (tertiary/aromatic N) is 1. The van der Waals surface area contributed by atoms with Gasteiger partial charge in [0.2, 0.25) is 5.91 Å². The lowest BCUT2D eigenvalue weighted by Gasteiger charge is -2.34. The van der Waals surface area contributed by atoms with Gasteiger partial charge in [-0.2, -0.15) is 0 Å². The molecule has 1 amide bonds. The number of amides is 1. The molecule has 1 aromatic carbocycles. The van der Waals surface area contributed by atoms with Crippen LogP contribution in [0.4, 0.5) is 0 Å². The van der Waals surface area contributed by atoms with Crippen molar-refractivity contribution in [2.75, 3.05) is 19.6 Å². The minimum atomic E-state index is 0.250. The second kappa shape index (κ2) is 5.74. The Labute approximate surface area is 116 Å². The van der Waals surface area contributed by atoms with Crippen molar-refractivity contribution in [2.45, 2.75) is 40.2 Å². The second-order valence-corrected chi connectivity index (χ2v) is 5.68. The van der Waals surface area contributed by atoms with Crippen LogP contribution in [0, 0.1) is 20.8 Å². The van der Waals surface area contributed by atoms with Gasteiger partial charge in [0.1, 0.15) is 0 Å². The summed E-state index contributed by atoms with van der Waals surface area (Å²) in [5, 5.41) is 3.32. The van der Waals surface area contributed by atoms with Gasteiger partial charge in [0.15, 0.2) is 0 Å². The zero-order valence-electron chi connectivity index (χ0n) is 12.4. The van der Waals surface area contributed by atoms with Gasteiger partial charge in [0, 0.05) is 25.7 Å². The van der Waals surface area contributed by atoms with Crippen molar-refractivity contribution in [2.24, 2.45) is 0 Å². The van der Waals surface area contributed by atoms with Gasteiger partial charge in [-0.15, -0.1) is 0 Å². The van der Waals surface area contributed by atoms with Crippen molar-refractivity contribution in [3.05, 3.63) is 34.4 Å². The summed E-state index contributed by atoms with van der Waals surface area (Å²) in [6, 6.07) is 4.64. The first-order valence-electron chi connectivity index (χ1n) is 7.06. The number of piperazine rings is 1. The first-order valence-corrected chi connectivity index (χ1v) is 7.06. The Hall–Kier alpha value is -1.35. The van der Waals surface area contributed by atoms with E-state index in [2.05, 4.69) is 45.1 Å². The first-order chi connectivity index (χ1) is 8.99. The number of rotatable bonds is 2. The average Bonchev–Trinajstić information content (AvgIpc) is 2.36. The zero-order chi connectivity index (χ0) is 14.0. The topological polar surface area (TPSA) is 32.3 Å². The number of hydrogen-bond acceptors (Lipinski definition) is 2. The van der Waals surface area contributed by atoms with Crippen LogP contribution in [0.15, 0.2) is 12.1 Å². The van der Waals surface area contributed by atoms with Crippen LogP contribution in [0.5, 0.6) is 0 Å². The molecule has 0 saturated carbocycles. The molecular formula is C16H24N2O. The van der Waals surface area contributed by atoms with E-state index in [4.69, 9.17) is 0 Å². The number of benzene rings is 1. The maximum Gasteiger partial charge on any atom is 0.227 e. The molecule has 2 rings (SSSR count). The van der Waals surface area contributed by atoms with Gasteiger partial charge in [-0.05, 0) is 49.9 Å².